The van der Waals surface area contributed by atoms with Crippen LogP contribution in [0.15, 0.2) is 12.7 Å². The number of allylic oxidation sites excluding steroid dienone is 1. The fraction of sp³-hybridized carbons (Fsp3) is 0.905. The molecule has 0 aliphatic rings. The largest absolute Gasteiger partial charge is 0.327 e. The van der Waals surface area contributed by atoms with Crippen molar-refractivity contribution in [1.82, 2.24) is 0 Å². The Morgan fingerprint density at radius 1 is 0.667 bits per heavy atom. The predicted molar refractivity (Wildman–Crippen MR) is 103 cm³/mol. The lowest BCUT2D eigenvalue weighted by molar-refractivity contribution is -0.383. The summed E-state index contributed by atoms with van der Waals surface area (Å²) in [6, 6.07) is 0. The summed E-state index contributed by atoms with van der Waals surface area (Å²) in [6.45, 7) is 12.2. The molecule has 0 heterocycles. The maximum absolute atomic E-state index is 6.00. The zero-order chi connectivity index (χ0) is 17.9. The Morgan fingerprint density at radius 2 is 1.08 bits per heavy atom. The minimum absolute atomic E-state index is 0.691. The Bertz CT molecular complexity index is 244. The van der Waals surface area contributed by atoms with Crippen LogP contribution in [0.25, 0.3) is 0 Å². The molecule has 0 aliphatic heterocycles. The molecule has 0 spiro atoms. The standard InChI is InChI=1S/C21H42O3/c1-5-9-10-11-12-13-14-15-16-17-21(22-18-6-2,23-19-7-3)24-20-8-4/h5H,1,6-20H2,2-4H3. The van der Waals surface area contributed by atoms with Crippen LogP contribution < -0.4 is 0 Å². The van der Waals surface area contributed by atoms with Crippen molar-refractivity contribution >= 4 is 0 Å². The van der Waals surface area contributed by atoms with E-state index in [-0.39, 0.29) is 0 Å². The molecule has 0 amide bonds. The van der Waals surface area contributed by atoms with Gasteiger partial charge in [-0.05, 0) is 38.5 Å². The fourth-order valence-corrected chi connectivity index (χ4v) is 2.63. The summed E-state index contributed by atoms with van der Waals surface area (Å²) in [6.07, 6.45) is 15.9. The van der Waals surface area contributed by atoms with E-state index in [2.05, 4.69) is 27.4 Å². The number of hydrogen-bond acceptors (Lipinski definition) is 3. The molecule has 0 radical (unpaired) electrons. The van der Waals surface area contributed by atoms with Crippen LogP contribution in [0, 0.1) is 0 Å². The highest BCUT2D eigenvalue weighted by atomic mass is 16.9. The minimum atomic E-state index is -0.814. The lowest BCUT2D eigenvalue weighted by Gasteiger charge is -2.33. The zero-order valence-corrected chi connectivity index (χ0v) is 16.6. The van der Waals surface area contributed by atoms with E-state index in [4.69, 9.17) is 14.2 Å². The van der Waals surface area contributed by atoms with Gasteiger partial charge in [0, 0.05) is 6.42 Å². The maximum Gasteiger partial charge on any atom is 0.282 e. The average molecular weight is 343 g/mol. The van der Waals surface area contributed by atoms with Crippen molar-refractivity contribution in [2.75, 3.05) is 19.8 Å². The molecule has 0 aromatic heterocycles. The Balaban J connectivity index is 4.09. The van der Waals surface area contributed by atoms with E-state index in [0.29, 0.717) is 19.8 Å². The number of rotatable bonds is 19. The number of hydrogen-bond donors (Lipinski definition) is 0. The predicted octanol–water partition coefficient (Wildman–Crippen LogP) is 6.62. The second kappa shape index (κ2) is 17.4. The summed E-state index contributed by atoms with van der Waals surface area (Å²) in [5.74, 6) is -0.814. The smallest absolute Gasteiger partial charge is 0.282 e. The van der Waals surface area contributed by atoms with Crippen LogP contribution in [0.2, 0.25) is 0 Å². The first-order valence-electron chi connectivity index (χ1n) is 10.3. The molecule has 0 unspecified atom stereocenters. The van der Waals surface area contributed by atoms with Crippen LogP contribution in [-0.4, -0.2) is 25.8 Å². The molecule has 0 bridgehead atoms. The molecule has 0 saturated carbocycles. The van der Waals surface area contributed by atoms with Gasteiger partial charge in [0.05, 0.1) is 19.8 Å². The van der Waals surface area contributed by atoms with Gasteiger partial charge in [-0.3, -0.25) is 0 Å². The van der Waals surface area contributed by atoms with Gasteiger partial charge in [-0.25, -0.2) is 0 Å². The third-order valence-corrected chi connectivity index (χ3v) is 3.97. The molecule has 0 atom stereocenters. The van der Waals surface area contributed by atoms with E-state index < -0.39 is 5.97 Å². The summed E-state index contributed by atoms with van der Waals surface area (Å²) in [7, 11) is 0. The normalized spacial score (nSPS) is 11.8. The van der Waals surface area contributed by atoms with Crippen LogP contribution >= 0.6 is 0 Å². The summed E-state index contributed by atoms with van der Waals surface area (Å²) in [5.41, 5.74) is 0. The Kier molecular flexibility index (Phi) is 17.2. The molecule has 3 nitrogen and oxygen atoms in total. The van der Waals surface area contributed by atoms with Gasteiger partial charge in [0.1, 0.15) is 0 Å². The van der Waals surface area contributed by atoms with Gasteiger partial charge in [0.2, 0.25) is 0 Å². The summed E-state index contributed by atoms with van der Waals surface area (Å²) < 4.78 is 18.0. The minimum Gasteiger partial charge on any atom is -0.327 e. The van der Waals surface area contributed by atoms with Crippen LogP contribution in [0.5, 0.6) is 0 Å². The summed E-state index contributed by atoms with van der Waals surface area (Å²) >= 11 is 0. The van der Waals surface area contributed by atoms with Crippen molar-refractivity contribution in [3.05, 3.63) is 12.7 Å². The highest BCUT2D eigenvalue weighted by Crippen LogP contribution is 2.25. The van der Waals surface area contributed by atoms with Crippen LogP contribution in [0.3, 0.4) is 0 Å². The topological polar surface area (TPSA) is 27.7 Å². The third kappa shape index (κ3) is 13.0. The first-order chi connectivity index (χ1) is 11.7. The van der Waals surface area contributed by atoms with Gasteiger partial charge < -0.3 is 14.2 Å². The zero-order valence-electron chi connectivity index (χ0n) is 16.6. The molecule has 0 aromatic carbocycles. The van der Waals surface area contributed by atoms with Gasteiger partial charge in [-0.2, -0.15) is 0 Å². The van der Waals surface area contributed by atoms with Crippen molar-refractivity contribution in [3.63, 3.8) is 0 Å². The molecule has 3 heteroatoms. The molecule has 0 aliphatic carbocycles. The molecule has 0 rings (SSSR count). The number of unbranched alkanes of at least 4 members (excludes halogenated alkanes) is 7. The van der Waals surface area contributed by atoms with E-state index >= 15 is 0 Å². The van der Waals surface area contributed by atoms with Crippen LogP contribution in [0.4, 0.5) is 0 Å². The molecule has 144 valence electrons. The van der Waals surface area contributed by atoms with Crippen molar-refractivity contribution < 1.29 is 14.2 Å². The molecule has 24 heavy (non-hydrogen) atoms. The van der Waals surface area contributed by atoms with E-state index in [0.717, 1.165) is 38.5 Å². The average Bonchev–Trinajstić information content (AvgIpc) is 2.61. The van der Waals surface area contributed by atoms with E-state index in [1.165, 1.54) is 38.5 Å². The second-order valence-electron chi connectivity index (χ2n) is 6.53. The fourth-order valence-electron chi connectivity index (χ4n) is 2.63. The number of ether oxygens (including phenoxy) is 3. The van der Waals surface area contributed by atoms with Crippen LogP contribution in [-0.2, 0) is 14.2 Å². The molecule has 0 N–H and O–H groups in total. The molecular formula is C21H42O3. The Hall–Kier alpha value is -0.380. The third-order valence-electron chi connectivity index (χ3n) is 3.97. The molecule has 0 saturated heterocycles. The van der Waals surface area contributed by atoms with Crippen molar-refractivity contribution in [1.29, 1.82) is 0 Å². The quantitative estimate of drug-likeness (QED) is 0.150. The maximum atomic E-state index is 6.00. The first-order valence-corrected chi connectivity index (χ1v) is 10.3. The first kappa shape index (κ1) is 23.6. The Labute approximate surface area is 151 Å². The van der Waals surface area contributed by atoms with Crippen molar-refractivity contribution in [2.45, 2.75) is 104 Å². The summed E-state index contributed by atoms with van der Waals surface area (Å²) in [5, 5.41) is 0. The van der Waals surface area contributed by atoms with Gasteiger partial charge >= 0.3 is 0 Å². The molecular weight excluding hydrogens is 300 g/mol. The lowest BCUT2D eigenvalue weighted by atomic mass is 10.1. The van der Waals surface area contributed by atoms with Crippen molar-refractivity contribution in [2.24, 2.45) is 0 Å². The second-order valence-corrected chi connectivity index (χ2v) is 6.53. The van der Waals surface area contributed by atoms with Gasteiger partial charge in [-0.1, -0.05) is 59.0 Å². The highest BCUT2D eigenvalue weighted by Gasteiger charge is 2.32. The van der Waals surface area contributed by atoms with E-state index in [9.17, 15) is 0 Å². The van der Waals surface area contributed by atoms with E-state index in [1.807, 2.05) is 6.08 Å². The van der Waals surface area contributed by atoms with Gasteiger partial charge in [0.25, 0.3) is 5.97 Å². The van der Waals surface area contributed by atoms with E-state index in [1.54, 1.807) is 0 Å². The highest BCUT2D eigenvalue weighted by molar-refractivity contribution is 4.65. The molecule has 0 fully saturated rings. The Morgan fingerprint density at radius 3 is 1.50 bits per heavy atom. The van der Waals surface area contributed by atoms with Crippen molar-refractivity contribution in [3.8, 4) is 0 Å². The summed E-state index contributed by atoms with van der Waals surface area (Å²) in [4.78, 5) is 0. The lowest BCUT2D eigenvalue weighted by Crippen LogP contribution is -2.40. The monoisotopic (exact) mass is 342 g/mol. The molecule has 0 aromatic rings. The van der Waals surface area contributed by atoms with Gasteiger partial charge in [0.15, 0.2) is 0 Å². The van der Waals surface area contributed by atoms with Crippen LogP contribution in [0.1, 0.15) is 97.8 Å². The van der Waals surface area contributed by atoms with Gasteiger partial charge in [-0.15, -0.1) is 6.58 Å². The SMILES string of the molecule is C=CCCCCCCCCCC(OCCC)(OCCC)OCCC.